The standard InChI is InChI=1S/C30H34N4O2S/c1-33-26-15-17-37-28(26)18-27(33)30(35)32-25-6-2-4-21-5-3-16-34(29(21)25)19-20-7-11-23(12-8-20)36-24-13-9-22(31)10-14-24/h2,4,6-8,11-12,15,17-18,22,24H,3,5,9-10,13-14,16,19,31H2,1H3,(H,32,35)/t22-,24-. The third kappa shape index (κ3) is 4.98. The Hall–Kier alpha value is -3.29. The highest BCUT2D eigenvalue weighted by atomic mass is 32.1. The summed E-state index contributed by atoms with van der Waals surface area (Å²) >= 11 is 1.66. The van der Waals surface area contributed by atoms with Crippen molar-refractivity contribution in [1.29, 1.82) is 0 Å². The van der Waals surface area contributed by atoms with Crippen LogP contribution in [0.3, 0.4) is 0 Å². The SMILES string of the molecule is Cn1c(C(=O)Nc2cccc3c2N(Cc2ccc(O[C@H]4CC[C@H](N)CC4)cc2)CCC3)cc2sccc21. The summed E-state index contributed by atoms with van der Waals surface area (Å²) < 4.78 is 9.32. The number of anilines is 2. The van der Waals surface area contributed by atoms with Crippen molar-refractivity contribution in [1.82, 2.24) is 4.57 Å². The van der Waals surface area contributed by atoms with Gasteiger partial charge in [0.2, 0.25) is 0 Å². The molecule has 0 radical (unpaired) electrons. The summed E-state index contributed by atoms with van der Waals surface area (Å²) in [5, 5.41) is 5.28. The lowest BCUT2D eigenvalue weighted by Gasteiger charge is -2.33. The molecule has 37 heavy (non-hydrogen) atoms. The second-order valence-electron chi connectivity index (χ2n) is 10.3. The Morgan fingerprint density at radius 1 is 1.11 bits per heavy atom. The van der Waals surface area contributed by atoms with Crippen molar-refractivity contribution in [3.05, 3.63) is 76.8 Å². The summed E-state index contributed by atoms with van der Waals surface area (Å²) in [6, 6.07) is 19.1. The van der Waals surface area contributed by atoms with Crippen LogP contribution in [0.15, 0.2) is 60.0 Å². The average molecular weight is 515 g/mol. The van der Waals surface area contributed by atoms with Crippen LogP contribution in [0.2, 0.25) is 0 Å². The van der Waals surface area contributed by atoms with Crippen LogP contribution in [0, 0.1) is 0 Å². The molecular formula is C30H34N4O2S. The van der Waals surface area contributed by atoms with Crippen molar-refractivity contribution in [2.45, 2.75) is 57.2 Å². The Morgan fingerprint density at radius 3 is 2.70 bits per heavy atom. The van der Waals surface area contributed by atoms with E-state index in [1.807, 2.05) is 29.8 Å². The van der Waals surface area contributed by atoms with Gasteiger partial charge in [0.25, 0.3) is 5.91 Å². The first-order chi connectivity index (χ1) is 18.0. The molecule has 0 saturated heterocycles. The number of carbonyl (C=O) groups excluding carboxylic acids is 1. The van der Waals surface area contributed by atoms with Gasteiger partial charge in [0.15, 0.2) is 0 Å². The van der Waals surface area contributed by atoms with Gasteiger partial charge in [0.05, 0.1) is 27.7 Å². The molecule has 4 aromatic rings. The number of thiophene rings is 1. The molecule has 0 unspecified atom stereocenters. The van der Waals surface area contributed by atoms with Gasteiger partial charge >= 0.3 is 0 Å². The number of hydrogen-bond acceptors (Lipinski definition) is 5. The first kappa shape index (κ1) is 24.1. The zero-order valence-electron chi connectivity index (χ0n) is 21.3. The van der Waals surface area contributed by atoms with E-state index in [4.69, 9.17) is 10.5 Å². The normalized spacial score (nSPS) is 19.6. The first-order valence-corrected chi connectivity index (χ1v) is 14.2. The molecule has 1 amide bonds. The van der Waals surface area contributed by atoms with Gasteiger partial charge in [0.1, 0.15) is 11.4 Å². The Morgan fingerprint density at radius 2 is 1.92 bits per heavy atom. The number of amides is 1. The number of nitrogens with one attached hydrogen (secondary N) is 1. The minimum Gasteiger partial charge on any atom is -0.490 e. The molecule has 3 heterocycles. The van der Waals surface area contributed by atoms with E-state index in [0.29, 0.717) is 11.7 Å². The van der Waals surface area contributed by atoms with Gasteiger partial charge in [-0.1, -0.05) is 24.3 Å². The molecule has 7 heteroatoms. The summed E-state index contributed by atoms with van der Waals surface area (Å²) in [6.45, 7) is 1.75. The summed E-state index contributed by atoms with van der Waals surface area (Å²) in [4.78, 5) is 15.7. The van der Waals surface area contributed by atoms with Crippen LogP contribution in [0.25, 0.3) is 10.2 Å². The van der Waals surface area contributed by atoms with Gasteiger partial charge < -0.3 is 25.3 Å². The molecule has 2 aromatic heterocycles. The van der Waals surface area contributed by atoms with Crippen LogP contribution >= 0.6 is 11.3 Å². The molecule has 1 aliphatic heterocycles. The summed E-state index contributed by atoms with van der Waals surface area (Å²) in [7, 11) is 1.95. The number of aromatic nitrogens is 1. The number of ether oxygens (including phenoxy) is 1. The largest absolute Gasteiger partial charge is 0.490 e. The molecule has 3 N–H and O–H groups in total. The molecule has 6 rings (SSSR count). The van der Waals surface area contributed by atoms with E-state index in [9.17, 15) is 4.79 Å². The van der Waals surface area contributed by atoms with Crippen molar-refractivity contribution in [2.75, 3.05) is 16.8 Å². The van der Waals surface area contributed by atoms with Crippen LogP contribution in [0.5, 0.6) is 5.75 Å². The Kier molecular flexibility index (Phi) is 6.65. The van der Waals surface area contributed by atoms with Gasteiger partial charge in [0, 0.05) is 26.2 Å². The van der Waals surface area contributed by atoms with E-state index in [1.165, 1.54) is 11.1 Å². The van der Waals surface area contributed by atoms with Crippen molar-refractivity contribution in [3.8, 4) is 5.75 Å². The summed E-state index contributed by atoms with van der Waals surface area (Å²) in [6.07, 6.45) is 6.53. The van der Waals surface area contributed by atoms with E-state index in [0.717, 1.165) is 79.0 Å². The molecule has 0 atom stereocenters. The monoisotopic (exact) mass is 514 g/mol. The van der Waals surface area contributed by atoms with Crippen molar-refractivity contribution in [3.63, 3.8) is 0 Å². The predicted molar refractivity (Wildman–Crippen MR) is 152 cm³/mol. The third-order valence-corrected chi connectivity index (χ3v) is 8.63. The fourth-order valence-electron chi connectivity index (χ4n) is 5.74. The molecule has 6 nitrogen and oxygen atoms in total. The molecule has 2 aromatic carbocycles. The van der Waals surface area contributed by atoms with E-state index < -0.39 is 0 Å². The smallest absolute Gasteiger partial charge is 0.272 e. The van der Waals surface area contributed by atoms with Crippen LogP contribution < -0.4 is 20.7 Å². The number of rotatable bonds is 6. The number of benzene rings is 2. The highest BCUT2D eigenvalue weighted by Crippen LogP contribution is 2.36. The summed E-state index contributed by atoms with van der Waals surface area (Å²) in [5.74, 6) is 0.855. The molecule has 1 fully saturated rings. The number of aryl methyl sites for hydroxylation is 2. The lowest BCUT2D eigenvalue weighted by Crippen LogP contribution is -2.31. The number of para-hydroxylation sites is 1. The molecule has 2 aliphatic rings. The van der Waals surface area contributed by atoms with Crippen LogP contribution in [0.1, 0.15) is 53.7 Å². The lowest BCUT2D eigenvalue weighted by atomic mass is 9.94. The molecule has 0 bridgehead atoms. The molecule has 1 aliphatic carbocycles. The highest BCUT2D eigenvalue weighted by molar-refractivity contribution is 7.17. The van der Waals surface area contributed by atoms with E-state index in [2.05, 4.69) is 52.0 Å². The van der Waals surface area contributed by atoms with E-state index in [1.54, 1.807) is 11.3 Å². The molecule has 1 saturated carbocycles. The first-order valence-electron chi connectivity index (χ1n) is 13.3. The Bertz CT molecular complexity index is 1400. The topological polar surface area (TPSA) is 72.5 Å². The molecule has 192 valence electrons. The maximum atomic E-state index is 13.3. The number of nitrogens with zero attached hydrogens (tertiary/aromatic N) is 2. The Labute approximate surface area is 222 Å². The molecule has 0 spiro atoms. The van der Waals surface area contributed by atoms with Gasteiger partial charge in [-0.15, -0.1) is 11.3 Å². The lowest BCUT2D eigenvalue weighted by molar-refractivity contribution is 0.101. The maximum Gasteiger partial charge on any atom is 0.272 e. The van der Waals surface area contributed by atoms with Crippen molar-refractivity contribution >= 4 is 38.8 Å². The van der Waals surface area contributed by atoms with E-state index >= 15 is 0 Å². The predicted octanol–water partition coefficient (Wildman–Crippen LogP) is 6.09. The third-order valence-electron chi connectivity index (χ3n) is 7.77. The van der Waals surface area contributed by atoms with E-state index in [-0.39, 0.29) is 12.0 Å². The Balaban J connectivity index is 1.18. The maximum absolute atomic E-state index is 13.3. The summed E-state index contributed by atoms with van der Waals surface area (Å²) in [5.41, 5.74) is 12.3. The quantitative estimate of drug-likeness (QED) is 0.326. The van der Waals surface area contributed by atoms with Gasteiger partial charge in [-0.05, 0) is 85.4 Å². The number of nitrogens with two attached hydrogens (primary N) is 1. The fraction of sp³-hybridized carbons (Fsp3) is 0.367. The van der Waals surface area contributed by atoms with Crippen LogP contribution in [-0.4, -0.2) is 29.2 Å². The fourth-order valence-corrected chi connectivity index (χ4v) is 6.59. The molecular weight excluding hydrogens is 480 g/mol. The van der Waals surface area contributed by atoms with Gasteiger partial charge in [-0.2, -0.15) is 0 Å². The van der Waals surface area contributed by atoms with Gasteiger partial charge in [-0.25, -0.2) is 0 Å². The average Bonchev–Trinajstić information content (AvgIpc) is 3.50. The second-order valence-corrected chi connectivity index (χ2v) is 11.3. The van der Waals surface area contributed by atoms with Crippen LogP contribution in [0.4, 0.5) is 11.4 Å². The highest BCUT2D eigenvalue weighted by Gasteiger charge is 2.23. The van der Waals surface area contributed by atoms with Crippen molar-refractivity contribution in [2.24, 2.45) is 12.8 Å². The zero-order chi connectivity index (χ0) is 25.4. The second kappa shape index (κ2) is 10.2. The minimum atomic E-state index is -0.0741. The minimum absolute atomic E-state index is 0.0741. The number of fused-ring (bicyclic) bond motifs is 2. The number of hydrogen-bond donors (Lipinski definition) is 2. The van der Waals surface area contributed by atoms with Crippen LogP contribution in [-0.2, 0) is 20.0 Å². The van der Waals surface area contributed by atoms with Crippen molar-refractivity contribution < 1.29 is 9.53 Å². The zero-order valence-corrected chi connectivity index (χ0v) is 22.1. The number of carbonyl (C=O) groups is 1. The van der Waals surface area contributed by atoms with Gasteiger partial charge in [-0.3, -0.25) is 4.79 Å².